The molecule has 0 aliphatic heterocycles. The van der Waals surface area contributed by atoms with Gasteiger partial charge >= 0.3 is 0 Å². The van der Waals surface area contributed by atoms with Gasteiger partial charge in [-0.3, -0.25) is 0 Å². The molecule has 0 aliphatic rings. The Morgan fingerprint density at radius 3 is 2.80 bits per heavy atom. The van der Waals surface area contributed by atoms with Gasteiger partial charge < -0.3 is 0 Å². The van der Waals surface area contributed by atoms with E-state index in [1.165, 1.54) is 0 Å². The monoisotopic (exact) mass is 157 g/mol. The van der Waals surface area contributed by atoms with E-state index in [4.69, 9.17) is 11.6 Å². The quantitative estimate of drug-likeness (QED) is 0.559. The summed E-state index contributed by atoms with van der Waals surface area (Å²) in [4.78, 5) is 3.89. The summed E-state index contributed by atoms with van der Waals surface area (Å²) >= 11 is 5.65. The van der Waals surface area contributed by atoms with Gasteiger partial charge in [-0.05, 0) is 19.4 Å². The summed E-state index contributed by atoms with van der Waals surface area (Å²) in [6.07, 6.45) is 8.25. The van der Waals surface area contributed by atoms with Crippen LogP contribution in [0, 0.1) is 0 Å². The van der Waals surface area contributed by atoms with Crippen LogP contribution < -0.4 is 0 Å². The first-order valence-electron chi connectivity index (χ1n) is 3.32. The second-order valence-electron chi connectivity index (χ2n) is 1.74. The molecule has 0 amide bonds. The molecule has 0 saturated carbocycles. The lowest BCUT2D eigenvalue weighted by molar-refractivity contribution is 1.23. The summed E-state index contributed by atoms with van der Waals surface area (Å²) in [5.41, 5.74) is 0. The zero-order valence-corrected chi connectivity index (χ0v) is 7.10. The highest BCUT2D eigenvalue weighted by Crippen LogP contribution is 1.91. The number of rotatable bonds is 3. The summed E-state index contributed by atoms with van der Waals surface area (Å²) in [6, 6.07) is 0. The standard InChI is InChI=1S/C8H12ClN/c1-3-5-6-8(9)10-7-4-2/h4-7H,3H2,1-2H3/b6-5+,7-4-,10-8+. The van der Waals surface area contributed by atoms with E-state index >= 15 is 0 Å². The summed E-state index contributed by atoms with van der Waals surface area (Å²) in [5.74, 6) is 0. The van der Waals surface area contributed by atoms with Crippen LogP contribution in [0.4, 0.5) is 0 Å². The van der Waals surface area contributed by atoms with Gasteiger partial charge in [0.25, 0.3) is 0 Å². The average Bonchev–Trinajstić information content (AvgIpc) is 1.97. The summed E-state index contributed by atoms with van der Waals surface area (Å²) in [6.45, 7) is 3.95. The molecule has 56 valence electrons. The third-order valence-corrected chi connectivity index (χ3v) is 1.06. The van der Waals surface area contributed by atoms with E-state index in [9.17, 15) is 0 Å². The van der Waals surface area contributed by atoms with E-state index in [1.54, 1.807) is 12.3 Å². The number of nitrogens with zero attached hydrogens (tertiary/aromatic N) is 1. The molecule has 0 radical (unpaired) electrons. The van der Waals surface area contributed by atoms with Gasteiger partial charge in [0.1, 0.15) is 5.17 Å². The first-order valence-corrected chi connectivity index (χ1v) is 3.70. The van der Waals surface area contributed by atoms with Crippen LogP contribution in [0.15, 0.2) is 29.4 Å². The maximum absolute atomic E-state index is 5.65. The molecule has 0 heterocycles. The molecule has 0 aliphatic carbocycles. The topological polar surface area (TPSA) is 12.4 Å². The predicted octanol–water partition coefficient (Wildman–Crippen LogP) is 3.12. The summed E-state index contributed by atoms with van der Waals surface area (Å²) in [7, 11) is 0. The molecule has 0 saturated heterocycles. The van der Waals surface area contributed by atoms with Crippen molar-refractivity contribution in [1.82, 2.24) is 0 Å². The minimum atomic E-state index is 0.528. The van der Waals surface area contributed by atoms with Gasteiger partial charge in [0.2, 0.25) is 0 Å². The van der Waals surface area contributed by atoms with Crippen molar-refractivity contribution in [3.63, 3.8) is 0 Å². The Labute approximate surface area is 67.1 Å². The van der Waals surface area contributed by atoms with Gasteiger partial charge in [-0.25, -0.2) is 4.99 Å². The van der Waals surface area contributed by atoms with Gasteiger partial charge in [-0.15, -0.1) is 0 Å². The van der Waals surface area contributed by atoms with E-state index in [1.807, 2.05) is 19.1 Å². The van der Waals surface area contributed by atoms with Crippen LogP contribution in [0.2, 0.25) is 0 Å². The smallest absolute Gasteiger partial charge is 0.128 e. The fourth-order valence-electron chi connectivity index (χ4n) is 0.404. The maximum atomic E-state index is 5.65. The number of hydrogen-bond donors (Lipinski definition) is 0. The van der Waals surface area contributed by atoms with Crippen LogP contribution in [0.1, 0.15) is 20.3 Å². The Hall–Kier alpha value is -0.560. The largest absolute Gasteiger partial charge is 0.245 e. The molecule has 0 spiro atoms. The van der Waals surface area contributed by atoms with Crippen molar-refractivity contribution in [3.05, 3.63) is 24.4 Å². The SMILES string of the molecule is C\C=C/N=C(Cl)\C=C\CC. The second-order valence-corrected chi connectivity index (χ2v) is 2.13. The minimum Gasteiger partial charge on any atom is -0.245 e. The molecule has 2 heteroatoms. The van der Waals surface area contributed by atoms with Crippen molar-refractivity contribution in [2.45, 2.75) is 20.3 Å². The highest BCUT2D eigenvalue weighted by molar-refractivity contribution is 6.68. The number of halogens is 1. The highest BCUT2D eigenvalue weighted by atomic mass is 35.5. The van der Waals surface area contributed by atoms with Gasteiger partial charge in [0.05, 0.1) is 0 Å². The van der Waals surface area contributed by atoms with Crippen LogP contribution in [-0.4, -0.2) is 5.17 Å². The van der Waals surface area contributed by atoms with E-state index in [-0.39, 0.29) is 0 Å². The molecule has 0 bridgehead atoms. The third kappa shape index (κ3) is 5.57. The lowest BCUT2D eigenvalue weighted by atomic mass is 10.4. The molecule has 0 aromatic carbocycles. The van der Waals surface area contributed by atoms with Crippen LogP contribution in [-0.2, 0) is 0 Å². The van der Waals surface area contributed by atoms with Crippen LogP contribution >= 0.6 is 11.6 Å². The highest BCUT2D eigenvalue weighted by Gasteiger charge is 1.79. The Morgan fingerprint density at radius 1 is 1.60 bits per heavy atom. The Kier molecular flexibility index (Phi) is 6.19. The molecule has 0 atom stereocenters. The predicted molar refractivity (Wildman–Crippen MR) is 47.5 cm³/mol. The Bertz CT molecular complexity index is 157. The fraction of sp³-hybridized carbons (Fsp3) is 0.375. The molecule has 0 unspecified atom stereocenters. The molecule has 10 heavy (non-hydrogen) atoms. The number of aliphatic imine (C=N–C) groups is 1. The van der Waals surface area contributed by atoms with Crippen LogP contribution in [0.3, 0.4) is 0 Å². The zero-order chi connectivity index (χ0) is 7.82. The zero-order valence-electron chi connectivity index (χ0n) is 6.34. The molecule has 1 nitrogen and oxygen atoms in total. The Morgan fingerprint density at radius 2 is 2.30 bits per heavy atom. The molecule has 0 aromatic heterocycles. The lowest BCUT2D eigenvalue weighted by Crippen LogP contribution is -1.75. The Balaban J connectivity index is 3.81. The van der Waals surface area contributed by atoms with Gasteiger partial charge in [0.15, 0.2) is 0 Å². The van der Waals surface area contributed by atoms with Gasteiger partial charge in [-0.2, -0.15) is 0 Å². The molecular weight excluding hydrogens is 146 g/mol. The normalized spacial score (nSPS) is 13.7. The van der Waals surface area contributed by atoms with E-state index in [2.05, 4.69) is 11.9 Å². The molecule has 0 N–H and O–H groups in total. The van der Waals surface area contributed by atoms with Crippen LogP contribution in [0.5, 0.6) is 0 Å². The van der Waals surface area contributed by atoms with Gasteiger partial charge in [0, 0.05) is 6.20 Å². The fourth-order valence-corrected chi connectivity index (χ4v) is 0.549. The summed E-state index contributed by atoms with van der Waals surface area (Å²) in [5, 5.41) is 0.528. The van der Waals surface area contributed by atoms with Gasteiger partial charge in [-0.1, -0.05) is 30.7 Å². The van der Waals surface area contributed by atoms with Crippen molar-refractivity contribution in [2.24, 2.45) is 4.99 Å². The van der Waals surface area contributed by atoms with E-state index in [0.29, 0.717) is 5.17 Å². The third-order valence-electron chi connectivity index (χ3n) is 0.838. The maximum Gasteiger partial charge on any atom is 0.128 e. The minimum absolute atomic E-state index is 0.528. The van der Waals surface area contributed by atoms with Crippen molar-refractivity contribution in [1.29, 1.82) is 0 Å². The number of allylic oxidation sites excluding steroid dienone is 3. The first kappa shape index (κ1) is 9.44. The number of hydrogen-bond acceptors (Lipinski definition) is 1. The summed E-state index contributed by atoms with van der Waals surface area (Å²) < 4.78 is 0. The van der Waals surface area contributed by atoms with Crippen molar-refractivity contribution in [2.75, 3.05) is 0 Å². The molecule has 0 aromatic rings. The van der Waals surface area contributed by atoms with Crippen molar-refractivity contribution in [3.8, 4) is 0 Å². The second kappa shape index (κ2) is 6.56. The lowest BCUT2D eigenvalue weighted by Gasteiger charge is -1.82. The van der Waals surface area contributed by atoms with Crippen LogP contribution in [0.25, 0.3) is 0 Å². The van der Waals surface area contributed by atoms with Crippen molar-refractivity contribution >= 4 is 16.8 Å². The molecule has 0 rings (SSSR count). The molecule has 0 fully saturated rings. The van der Waals surface area contributed by atoms with E-state index < -0.39 is 0 Å². The molecular formula is C8H12ClN. The van der Waals surface area contributed by atoms with E-state index in [0.717, 1.165) is 6.42 Å². The average molecular weight is 158 g/mol. The first-order chi connectivity index (χ1) is 4.81. The van der Waals surface area contributed by atoms with Crippen molar-refractivity contribution < 1.29 is 0 Å².